The standard InChI is InChI=1S/C12H17FN2O/c13-10-4-9(7-14)5-12(6-10)15-3-1-2-11(15)8-16/h4-6,11,16H,1-3,7-8,14H2. The Labute approximate surface area is 94.7 Å². The molecule has 1 fully saturated rings. The van der Waals surface area contributed by atoms with Crippen LogP contribution in [-0.2, 0) is 6.54 Å². The van der Waals surface area contributed by atoms with Gasteiger partial charge in [0.25, 0.3) is 0 Å². The van der Waals surface area contributed by atoms with Gasteiger partial charge in [0.05, 0.1) is 12.6 Å². The maximum absolute atomic E-state index is 13.4. The second-order valence-electron chi connectivity index (χ2n) is 4.19. The molecule has 1 aromatic rings. The van der Waals surface area contributed by atoms with Crippen molar-refractivity contribution in [2.45, 2.75) is 25.4 Å². The normalized spacial score (nSPS) is 20.4. The molecule has 0 amide bonds. The third-order valence-corrected chi connectivity index (χ3v) is 3.10. The van der Waals surface area contributed by atoms with Crippen LogP contribution in [0.4, 0.5) is 10.1 Å². The Hall–Kier alpha value is -1.13. The van der Waals surface area contributed by atoms with Crippen molar-refractivity contribution in [3.8, 4) is 0 Å². The van der Waals surface area contributed by atoms with Crippen molar-refractivity contribution < 1.29 is 9.50 Å². The third-order valence-electron chi connectivity index (χ3n) is 3.10. The van der Waals surface area contributed by atoms with Gasteiger partial charge in [-0.1, -0.05) is 0 Å². The van der Waals surface area contributed by atoms with Gasteiger partial charge >= 0.3 is 0 Å². The molecule has 1 aliphatic heterocycles. The molecule has 0 aromatic heterocycles. The average Bonchev–Trinajstić information content (AvgIpc) is 2.76. The molecule has 1 saturated heterocycles. The van der Waals surface area contributed by atoms with Crippen LogP contribution in [0.5, 0.6) is 0 Å². The van der Waals surface area contributed by atoms with E-state index in [2.05, 4.69) is 4.90 Å². The van der Waals surface area contributed by atoms with Crippen LogP contribution < -0.4 is 10.6 Å². The Bertz CT molecular complexity index is 370. The Morgan fingerprint density at radius 2 is 2.25 bits per heavy atom. The molecule has 2 rings (SSSR count). The fourth-order valence-electron chi connectivity index (χ4n) is 2.28. The summed E-state index contributed by atoms with van der Waals surface area (Å²) in [5, 5.41) is 9.23. The van der Waals surface area contributed by atoms with Crippen molar-refractivity contribution in [3.05, 3.63) is 29.6 Å². The molecule has 0 radical (unpaired) electrons. The molecule has 1 unspecified atom stereocenters. The number of anilines is 1. The molecule has 16 heavy (non-hydrogen) atoms. The lowest BCUT2D eigenvalue weighted by Crippen LogP contribution is -2.32. The summed E-state index contributed by atoms with van der Waals surface area (Å²) in [5.74, 6) is -0.262. The summed E-state index contributed by atoms with van der Waals surface area (Å²) in [6.45, 7) is 1.33. The van der Waals surface area contributed by atoms with E-state index in [0.29, 0.717) is 6.54 Å². The van der Waals surface area contributed by atoms with E-state index >= 15 is 0 Å². The lowest BCUT2D eigenvalue weighted by molar-refractivity contribution is 0.266. The Morgan fingerprint density at radius 1 is 1.44 bits per heavy atom. The van der Waals surface area contributed by atoms with E-state index in [-0.39, 0.29) is 18.5 Å². The SMILES string of the molecule is NCc1cc(F)cc(N2CCCC2CO)c1. The Kier molecular flexibility index (Phi) is 3.41. The first-order chi connectivity index (χ1) is 7.74. The smallest absolute Gasteiger partial charge is 0.125 e. The van der Waals surface area contributed by atoms with Crippen LogP contribution in [0.2, 0.25) is 0 Å². The predicted molar refractivity (Wildman–Crippen MR) is 61.7 cm³/mol. The summed E-state index contributed by atoms with van der Waals surface area (Å²) in [4.78, 5) is 2.06. The molecular formula is C12H17FN2O. The minimum absolute atomic E-state index is 0.118. The zero-order valence-corrected chi connectivity index (χ0v) is 9.19. The van der Waals surface area contributed by atoms with Crippen LogP contribution in [0.15, 0.2) is 18.2 Å². The molecule has 0 bridgehead atoms. The van der Waals surface area contributed by atoms with E-state index in [1.54, 1.807) is 0 Å². The number of hydrogen-bond donors (Lipinski definition) is 2. The van der Waals surface area contributed by atoms with Crippen molar-refractivity contribution in [2.75, 3.05) is 18.1 Å². The fraction of sp³-hybridized carbons (Fsp3) is 0.500. The highest BCUT2D eigenvalue weighted by Gasteiger charge is 2.24. The van der Waals surface area contributed by atoms with E-state index < -0.39 is 0 Å². The number of benzene rings is 1. The molecule has 0 spiro atoms. The molecule has 1 aromatic carbocycles. The van der Waals surface area contributed by atoms with Gasteiger partial charge in [0.2, 0.25) is 0 Å². The molecule has 1 aliphatic rings. The molecule has 3 N–H and O–H groups in total. The van der Waals surface area contributed by atoms with E-state index in [9.17, 15) is 9.50 Å². The van der Waals surface area contributed by atoms with Crippen molar-refractivity contribution in [1.29, 1.82) is 0 Å². The number of rotatable bonds is 3. The van der Waals surface area contributed by atoms with Crippen LogP contribution >= 0.6 is 0 Å². The number of hydrogen-bond acceptors (Lipinski definition) is 3. The highest BCUT2D eigenvalue weighted by atomic mass is 19.1. The van der Waals surface area contributed by atoms with Gasteiger partial charge in [-0.2, -0.15) is 0 Å². The average molecular weight is 224 g/mol. The fourth-order valence-corrected chi connectivity index (χ4v) is 2.28. The van der Waals surface area contributed by atoms with Gasteiger partial charge in [0, 0.05) is 18.8 Å². The summed E-state index contributed by atoms with van der Waals surface area (Å²) in [6, 6.07) is 4.98. The first-order valence-corrected chi connectivity index (χ1v) is 5.61. The summed E-state index contributed by atoms with van der Waals surface area (Å²) in [5.41, 5.74) is 7.14. The molecule has 88 valence electrons. The second-order valence-corrected chi connectivity index (χ2v) is 4.19. The lowest BCUT2D eigenvalue weighted by atomic mass is 10.1. The highest BCUT2D eigenvalue weighted by Crippen LogP contribution is 2.26. The van der Waals surface area contributed by atoms with Crippen molar-refractivity contribution >= 4 is 5.69 Å². The van der Waals surface area contributed by atoms with Gasteiger partial charge in [-0.3, -0.25) is 0 Å². The van der Waals surface area contributed by atoms with Crippen molar-refractivity contribution in [3.63, 3.8) is 0 Å². The minimum Gasteiger partial charge on any atom is -0.394 e. The number of nitrogens with zero attached hydrogens (tertiary/aromatic N) is 1. The van der Waals surface area contributed by atoms with E-state index in [1.165, 1.54) is 12.1 Å². The van der Waals surface area contributed by atoms with E-state index in [0.717, 1.165) is 30.6 Å². The van der Waals surface area contributed by atoms with Crippen LogP contribution in [0.25, 0.3) is 0 Å². The monoisotopic (exact) mass is 224 g/mol. The molecule has 1 heterocycles. The number of halogens is 1. The molecular weight excluding hydrogens is 207 g/mol. The first-order valence-electron chi connectivity index (χ1n) is 5.61. The van der Waals surface area contributed by atoms with Gasteiger partial charge in [-0.05, 0) is 36.6 Å². The molecule has 0 aliphatic carbocycles. The van der Waals surface area contributed by atoms with Gasteiger partial charge < -0.3 is 15.7 Å². The van der Waals surface area contributed by atoms with Crippen molar-refractivity contribution in [2.24, 2.45) is 5.73 Å². The summed E-state index contributed by atoms with van der Waals surface area (Å²) < 4.78 is 13.4. The van der Waals surface area contributed by atoms with Gasteiger partial charge in [0.15, 0.2) is 0 Å². The van der Waals surface area contributed by atoms with Crippen LogP contribution in [-0.4, -0.2) is 24.3 Å². The summed E-state index contributed by atoms with van der Waals surface area (Å²) >= 11 is 0. The largest absolute Gasteiger partial charge is 0.394 e. The zero-order chi connectivity index (χ0) is 11.5. The van der Waals surface area contributed by atoms with Gasteiger partial charge in [-0.25, -0.2) is 4.39 Å². The quantitative estimate of drug-likeness (QED) is 0.812. The van der Waals surface area contributed by atoms with E-state index in [4.69, 9.17) is 5.73 Å². The number of aliphatic hydroxyl groups is 1. The Morgan fingerprint density at radius 3 is 2.94 bits per heavy atom. The first kappa shape index (κ1) is 11.4. The molecule has 3 nitrogen and oxygen atoms in total. The molecule has 4 heteroatoms. The maximum Gasteiger partial charge on any atom is 0.125 e. The maximum atomic E-state index is 13.4. The summed E-state index contributed by atoms with van der Waals surface area (Å²) in [6.07, 6.45) is 2.00. The van der Waals surface area contributed by atoms with Gasteiger partial charge in [-0.15, -0.1) is 0 Å². The predicted octanol–water partition coefficient (Wildman–Crippen LogP) is 1.25. The van der Waals surface area contributed by atoms with Crippen LogP contribution in [0.3, 0.4) is 0 Å². The lowest BCUT2D eigenvalue weighted by Gasteiger charge is -2.25. The summed E-state index contributed by atoms with van der Waals surface area (Å²) in [7, 11) is 0. The molecule has 0 saturated carbocycles. The van der Waals surface area contributed by atoms with Gasteiger partial charge in [0.1, 0.15) is 5.82 Å². The van der Waals surface area contributed by atoms with Crippen molar-refractivity contribution in [1.82, 2.24) is 0 Å². The number of nitrogens with two attached hydrogens (primary N) is 1. The van der Waals surface area contributed by atoms with E-state index in [1.807, 2.05) is 6.07 Å². The third kappa shape index (κ3) is 2.18. The molecule has 1 atom stereocenters. The number of aliphatic hydroxyl groups excluding tert-OH is 1. The topological polar surface area (TPSA) is 49.5 Å². The minimum atomic E-state index is -0.262. The Balaban J connectivity index is 2.28. The zero-order valence-electron chi connectivity index (χ0n) is 9.19. The van der Waals surface area contributed by atoms with Crippen LogP contribution in [0.1, 0.15) is 18.4 Å². The second kappa shape index (κ2) is 4.80. The highest BCUT2D eigenvalue weighted by molar-refractivity contribution is 5.51. The van der Waals surface area contributed by atoms with Crippen LogP contribution in [0, 0.1) is 5.82 Å².